The number of pyridine rings is 1. The summed E-state index contributed by atoms with van der Waals surface area (Å²) < 4.78 is 1.09. The topological polar surface area (TPSA) is 16.1 Å². The molecule has 2 rings (SSSR count). The minimum absolute atomic E-state index is 0.735. The molecule has 3 heteroatoms. The Balaban J connectivity index is 2.18. The number of halogens is 1. The van der Waals surface area contributed by atoms with Gasteiger partial charge in [-0.1, -0.05) is 0 Å². The summed E-state index contributed by atoms with van der Waals surface area (Å²) in [5.74, 6) is 0. The first-order valence-electron chi connectivity index (χ1n) is 4.61. The van der Waals surface area contributed by atoms with Gasteiger partial charge < -0.3 is 4.90 Å². The van der Waals surface area contributed by atoms with Crippen LogP contribution in [0, 0.1) is 0 Å². The molecule has 0 aromatic carbocycles. The highest BCUT2D eigenvalue weighted by molar-refractivity contribution is 9.10. The fourth-order valence-electron chi connectivity index (χ4n) is 1.62. The predicted octanol–water partition coefficient (Wildman–Crippen LogP) is 2.83. The first kappa shape index (κ1) is 9.00. The summed E-state index contributed by atoms with van der Waals surface area (Å²) in [5, 5.41) is 0. The highest BCUT2D eigenvalue weighted by atomic mass is 79.9. The minimum Gasteiger partial charge on any atom is -0.371 e. The standard InChI is InChI=1S/C10H13BrN2/c1-13(8-3-2-4-8)10-5-6-12-7-9(10)11/h5-8H,2-4H2,1H3. The van der Waals surface area contributed by atoms with Gasteiger partial charge in [-0.15, -0.1) is 0 Å². The van der Waals surface area contributed by atoms with Gasteiger partial charge in [-0.2, -0.15) is 0 Å². The second kappa shape index (κ2) is 3.66. The SMILES string of the molecule is CN(c1ccncc1Br)C1CCC1. The highest BCUT2D eigenvalue weighted by Crippen LogP contribution is 2.31. The number of aromatic nitrogens is 1. The molecular formula is C10H13BrN2. The summed E-state index contributed by atoms with van der Waals surface area (Å²) >= 11 is 3.51. The lowest BCUT2D eigenvalue weighted by Crippen LogP contribution is -2.37. The van der Waals surface area contributed by atoms with Crippen molar-refractivity contribution < 1.29 is 0 Å². The molecule has 0 unspecified atom stereocenters. The molecule has 1 heterocycles. The van der Waals surface area contributed by atoms with Gasteiger partial charge >= 0.3 is 0 Å². The van der Waals surface area contributed by atoms with E-state index >= 15 is 0 Å². The maximum atomic E-state index is 4.06. The number of hydrogen-bond acceptors (Lipinski definition) is 2. The van der Waals surface area contributed by atoms with Crippen LogP contribution in [0.2, 0.25) is 0 Å². The molecule has 0 spiro atoms. The Morgan fingerprint density at radius 3 is 2.85 bits per heavy atom. The summed E-state index contributed by atoms with van der Waals surface area (Å²) in [7, 11) is 2.16. The third-order valence-electron chi connectivity index (χ3n) is 2.75. The quantitative estimate of drug-likeness (QED) is 0.791. The summed E-state index contributed by atoms with van der Waals surface area (Å²) in [6, 6.07) is 2.79. The molecule has 0 saturated heterocycles. The smallest absolute Gasteiger partial charge is 0.0592 e. The van der Waals surface area contributed by atoms with E-state index in [1.807, 2.05) is 12.4 Å². The van der Waals surface area contributed by atoms with Gasteiger partial charge in [-0.3, -0.25) is 4.98 Å². The lowest BCUT2D eigenvalue weighted by atomic mass is 9.91. The largest absolute Gasteiger partial charge is 0.371 e. The van der Waals surface area contributed by atoms with Gasteiger partial charge in [-0.25, -0.2) is 0 Å². The van der Waals surface area contributed by atoms with Crippen molar-refractivity contribution in [3.8, 4) is 0 Å². The third kappa shape index (κ3) is 1.70. The lowest BCUT2D eigenvalue weighted by molar-refractivity contribution is 0.401. The van der Waals surface area contributed by atoms with E-state index in [0.717, 1.165) is 10.5 Å². The maximum absolute atomic E-state index is 4.06. The second-order valence-corrected chi connectivity index (χ2v) is 4.38. The van der Waals surface area contributed by atoms with E-state index in [4.69, 9.17) is 0 Å². The van der Waals surface area contributed by atoms with Crippen LogP contribution in [-0.4, -0.2) is 18.1 Å². The Morgan fingerprint density at radius 2 is 2.31 bits per heavy atom. The molecule has 0 atom stereocenters. The molecule has 0 aliphatic heterocycles. The molecule has 70 valence electrons. The van der Waals surface area contributed by atoms with Gasteiger partial charge in [0, 0.05) is 25.5 Å². The van der Waals surface area contributed by atoms with Crippen molar-refractivity contribution in [1.82, 2.24) is 4.98 Å². The van der Waals surface area contributed by atoms with E-state index in [2.05, 4.69) is 38.9 Å². The molecule has 1 fully saturated rings. The molecule has 0 bridgehead atoms. The van der Waals surface area contributed by atoms with Crippen LogP contribution in [0.3, 0.4) is 0 Å². The Kier molecular flexibility index (Phi) is 2.54. The van der Waals surface area contributed by atoms with Crippen molar-refractivity contribution in [2.45, 2.75) is 25.3 Å². The molecule has 1 saturated carbocycles. The van der Waals surface area contributed by atoms with Crippen molar-refractivity contribution >= 4 is 21.6 Å². The summed E-state index contributed by atoms with van der Waals surface area (Å²) in [6.45, 7) is 0. The van der Waals surface area contributed by atoms with Gasteiger partial charge in [0.15, 0.2) is 0 Å². The molecular weight excluding hydrogens is 228 g/mol. The molecule has 1 aromatic heterocycles. The van der Waals surface area contributed by atoms with Crippen molar-refractivity contribution in [1.29, 1.82) is 0 Å². The van der Waals surface area contributed by atoms with E-state index < -0.39 is 0 Å². The van der Waals surface area contributed by atoms with Crippen LogP contribution in [0.15, 0.2) is 22.9 Å². The van der Waals surface area contributed by atoms with Crippen LogP contribution in [0.4, 0.5) is 5.69 Å². The molecule has 0 amide bonds. The first-order valence-corrected chi connectivity index (χ1v) is 5.40. The normalized spacial score (nSPS) is 16.8. The van der Waals surface area contributed by atoms with Crippen LogP contribution >= 0.6 is 15.9 Å². The zero-order valence-electron chi connectivity index (χ0n) is 7.70. The van der Waals surface area contributed by atoms with Crippen LogP contribution in [-0.2, 0) is 0 Å². The Labute approximate surface area is 87.1 Å². The van der Waals surface area contributed by atoms with Gasteiger partial charge in [0.25, 0.3) is 0 Å². The molecule has 2 nitrogen and oxygen atoms in total. The molecule has 13 heavy (non-hydrogen) atoms. The van der Waals surface area contributed by atoms with Crippen molar-refractivity contribution in [2.24, 2.45) is 0 Å². The first-order chi connectivity index (χ1) is 6.29. The summed E-state index contributed by atoms with van der Waals surface area (Å²) in [4.78, 5) is 6.40. The average Bonchev–Trinajstić information content (AvgIpc) is 2.01. The van der Waals surface area contributed by atoms with Crippen LogP contribution in [0.5, 0.6) is 0 Å². The Bertz CT molecular complexity index is 297. The van der Waals surface area contributed by atoms with Crippen LogP contribution < -0.4 is 4.90 Å². The fourth-order valence-corrected chi connectivity index (χ4v) is 2.15. The minimum atomic E-state index is 0.735. The lowest BCUT2D eigenvalue weighted by Gasteiger charge is -2.36. The third-order valence-corrected chi connectivity index (χ3v) is 3.36. The number of nitrogens with zero attached hydrogens (tertiary/aromatic N) is 2. The molecule has 1 aliphatic carbocycles. The monoisotopic (exact) mass is 240 g/mol. The van der Waals surface area contributed by atoms with Gasteiger partial charge in [-0.05, 0) is 41.3 Å². The van der Waals surface area contributed by atoms with Gasteiger partial charge in [0.1, 0.15) is 0 Å². The van der Waals surface area contributed by atoms with Crippen LogP contribution in [0.25, 0.3) is 0 Å². The van der Waals surface area contributed by atoms with E-state index in [9.17, 15) is 0 Å². The van der Waals surface area contributed by atoms with E-state index in [0.29, 0.717) is 0 Å². The zero-order chi connectivity index (χ0) is 9.26. The van der Waals surface area contributed by atoms with E-state index in [1.165, 1.54) is 24.9 Å². The van der Waals surface area contributed by atoms with E-state index in [-0.39, 0.29) is 0 Å². The highest BCUT2D eigenvalue weighted by Gasteiger charge is 2.23. The van der Waals surface area contributed by atoms with Crippen LogP contribution in [0.1, 0.15) is 19.3 Å². The Morgan fingerprint density at radius 1 is 1.54 bits per heavy atom. The second-order valence-electron chi connectivity index (χ2n) is 3.52. The number of hydrogen-bond donors (Lipinski definition) is 0. The average molecular weight is 241 g/mol. The van der Waals surface area contributed by atoms with E-state index in [1.54, 1.807) is 0 Å². The Hall–Kier alpha value is -0.570. The molecule has 0 radical (unpaired) electrons. The number of rotatable bonds is 2. The predicted molar refractivity (Wildman–Crippen MR) is 58.0 cm³/mol. The van der Waals surface area contributed by atoms with Gasteiger partial charge in [0.05, 0.1) is 10.2 Å². The van der Waals surface area contributed by atoms with Gasteiger partial charge in [0.2, 0.25) is 0 Å². The molecule has 1 aromatic rings. The van der Waals surface area contributed by atoms with Crippen molar-refractivity contribution in [3.05, 3.63) is 22.9 Å². The molecule has 0 N–H and O–H groups in total. The fraction of sp³-hybridized carbons (Fsp3) is 0.500. The maximum Gasteiger partial charge on any atom is 0.0592 e. The summed E-state index contributed by atoms with van der Waals surface area (Å²) in [5.41, 5.74) is 1.25. The zero-order valence-corrected chi connectivity index (χ0v) is 9.29. The van der Waals surface area contributed by atoms with Crippen molar-refractivity contribution in [3.63, 3.8) is 0 Å². The molecule has 1 aliphatic rings. The summed E-state index contributed by atoms with van der Waals surface area (Å²) in [6.07, 6.45) is 7.72. The van der Waals surface area contributed by atoms with Crippen molar-refractivity contribution in [2.75, 3.05) is 11.9 Å². The number of anilines is 1.